The smallest absolute Gasteiger partial charge is 0.243 e. The molecule has 152 valence electrons. The Balaban J connectivity index is 1.75. The number of sulfonamides is 1. The Hall–Kier alpha value is -1.69. The van der Waals surface area contributed by atoms with Gasteiger partial charge in [0.15, 0.2) is 0 Å². The van der Waals surface area contributed by atoms with E-state index >= 15 is 0 Å². The lowest BCUT2D eigenvalue weighted by Crippen LogP contribution is -2.43. The number of rotatable bonds is 9. The minimum atomic E-state index is -3.53. The van der Waals surface area contributed by atoms with E-state index in [1.165, 1.54) is 0 Å². The van der Waals surface area contributed by atoms with Crippen LogP contribution in [0, 0.1) is 6.92 Å². The third-order valence-electron chi connectivity index (χ3n) is 5.46. The van der Waals surface area contributed by atoms with Gasteiger partial charge in [-0.3, -0.25) is 0 Å². The quantitative estimate of drug-likeness (QED) is 0.599. The molecule has 0 N–H and O–H groups in total. The van der Waals surface area contributed by atoms with Gasteiger partial charge in [-0.2, -0.15) is 4.31 Å². The summed E-state index contributed by atoms with van der Waals surface area (Å²) < 4.78 is 34.5. The molecular weight excluding hydrogens is 370 g/mol. The summed E-state index contributed by atoms with van der Waals surface area (Å²) in [6.45, 7) is 5.06. The molecule has 1 saturated heterocycles. The van der Waals surface area contributed by atoms with Crippen LogP contribution in [0.2, 0.25) is 0 Å². The molecule has 1 heterocycles. The summed E-state index contributed by atoms with van der Waals surface area (Å²) in [6.07, 6.45) is 4.79. The SMILES string of the molecule is CCCC[C@@H]1CC[C@H](COCc2ccccc2)N1S(=O)(=O)c1ccc(C)cc1. The van der Waals surface area contributed by atoms with Gasteiger partial charge < -0.3 is 4.74 Å². The van der Waals surface area contributed by atoms with E-state index in [-0.39, 0.29) is 12.1 Å². The van der Waals surface area contributed by atoms with Crippen molar-refractivity contribution in [3.05, 3.63) is 65.7 Å². The summed E-state index contributed by atoms with van der Waals surface area (Å²) in [7, 11) is -3.53. The molecule has 4 nitrogen and oxygen atoms in total. The Morgan fingerprint density at radius 1 is 1.00 bits per heavy atom. The minimum Gasteiger partial charge on any atom is -0.375 e. The number of nitrogens with zero attached hydrogens (tertiary/aromatic N) is 1. The first-order valence-electron chi connectivity index (χ1n) is 10.2. The van der Waals surface area contributed by atoms with E-state index in [0.717, 1.165) is 43.2 Å². The monoisotopic (exact) mass is 401 g/mol. The van der Waals surface area contributed by atoms with Crippen molar-refractivity contribution in [3.63, 3.8) is 0 Å². The summed E-state index contributed by atoms with van der Waals surface area (Å²) in [6, 6.07) is 17.2. The Kier molecular flexibility index (Phi) is 7.27. The topological polar surface area (TPSA) is 46.6 Å². The average Bonchev–Trinajstić information content (AvgIpc) is 3.11. The third kappa shape index (κ3) is 5.02. The maximum Gasteiger partial charge on any atom is 0.243 e. The lowest BCUT2D eigenvalue weighted by Gasteiger charge is -2.29. The highest BCUT2D eigenvalue weighted by Gasteiger charge is 2.41. The number of unbranched alkanes of at least 4 members (excludes halogenated alkanes) is 1. The van der Waals surface area contributed by atoms with Gasteiger partial charge in [0.2, 0.25) is 10.0 Å². The van der Waals surface area contributed by atoms with Crippen molar-refractivity contribution in [2.24, 2.45) is 0 Å². The molecule has 1 aliphatic rings. The molecule has 0 spiro atoms. The highest BCUT2D eigenvalue weighted by molar-refractivity contribution is 7.89. The van der Waals surface area contributed by atoms with E-state index in [4.69, 9.17) is 4.74 Å². The van der Waals surface area contributed by atoms with Crippen molar-refractivity contribution >= 4 is 10.0 Å². The molecule has 28 heavy (non-hydrogen) atoms. The van der Waals surface area contributed by atoms with Gasteiger partial charge in [0.05, 0.1) is 18.1 Å². The van der Waals surface area contributed by atoms with E-state index in [0.29, 0.717) is 18.1 Å². The van der Waals surface area contributed by atoms with Crippen molar-refractivity contribution in [1.29, 1.82) is 0 Å². The zero-order valence-electron chi connectivity index (χ0n) is 16.9. The van der Waals surface area contributed by atoms with Crippen LogP contribution >= 0.6 is 0 Å². The molecule has 0 aliphatic carbocycles. The molecule has 2 atom stereocenters. The van der Waals surface area contributed by atoms with Crippen LogP contribution in [0.3, 0.4) is 0 Å². The predicted octanol–water partition coefficient (Wildman–Crippen LogP) is 4.92. The molecule has 2 aromatic rings. The second-order valence-electron chi connectivity index (χ2n) is 7.68. The van der Waals surface area contributed by atoms with Gasteiger partial charge in [-0.15, -0.1) is 0 Å². The van der Waals surface area contributed by atoms with Gasteiger partial charge in [-0.1, -0.05) is 67.8 Å². The van der Waals surface area contributed by atoms with Gasteiger partial charge >= 0.3 is 0 Å². The fraction of sp³-hybridized carbons (Fsp3) is 0.478. The molecule has 5 heteroatoms. The fourth-order valence-corrected chi connectivity index (χ4v) is 5.80. The van der Waals surface area contributed by atoms with E-state index in [1.807, 2.05) is 49.4 Å². The molecule has 1 aliphatic heterocycles. The van der Waals surface area contributed by atoms with Gasteiger partial charge in [0.25, 0.3) is 0 Å². The molecule has 0 radical (unpaired) electrons. The predicted molar refractivity (Wildman–Crippen MR) is 113 cm³/mol. The lowest BCUT2D eigenvalue weighted by molar-refractivity contribution is 0.0820. The zero-order valence-corrected chi connectivity index (χ0v) is 17.7. The third-order valence-corrected chi connectivity index (χ3v) is 7.48. The van der Waals surface area contributed by atoms with Gasteiger partial charge in [0.1, 0.15) is 0 Å². The van der Waals surface area contributed by atoms with Crippen molar-refractivity contribution in [2.75, 3.05) is 6.61 Å². The highest BCUT2D eigenvalue weighted by Crippen LogP contribution is 2.34. The number of benzene rings is 2. The van der Waals surface area contributed by atoms with Crippen LogP contribution in [0.25, 0.3) is 0 Å². The summed E-state index contributed by atoms with van der Waals surface area (Å²) in [5.74, 6) is 0. The second kappa shape index (κ2) is 9.68. The van der Waals surface area contributed by atoms with E-state index in [1.54, 1.807) is 16.4 Å². The average molecular weight is 402 g/mol. The zero-order chi connectivity index (χ0) is 20.0. The van der Waals surface area contributed by atoms with Crippen molar-refractivity contribution in [2.45, 2.75) is 69.5 Å². The van der Waals surface area contributed by atoms with Crippen molar-refractivity contribution in [1.82, 2.24) is 4.31 Å². The Labute approximate surface area is 169 Å². The van der Waals surface area contributed by atoms with Gasteiger partial charge in [0, 0.05) is 12.1 Å². The number of hydrogen-bond acceptors (Lipinski definition) is 3. The molecule has 0 aromatic heterocycles. The van der Waals surface area contributed by atoms with Crippen LogP contribution in [0.15, 0.2) is 59.5 Å². The first-order valence-corrected chi connectivity index (χ1v) is 11.7. The van der Waals surface area contributed by atoms with E-state index in [9.17, 15) is 8.42 Å². The largest absolute Gasteiger partial charge is 0.375 e. The molecule has 3 rings (SSSR count). The standard InChI is InChI=1S/C23H31NO3S/c1-3-4-10-21-13-14-22(18-27-17-20-8-6-5-7-9-20)24(21)28(25,26)23-15-11-19(2)12-16-23/h5-9,11-12,15-16,21-22H,3-4,10,13-14,17-18H2,1-2H3/t21-,22-/m1/s1. The van der Waals surface area contributed by atoms with Crippen LogP contribution in [0.1, 0.15) is 50.2 Å². The summed E-state index contributed by atoms with van der Waals surface area (Å²) >= 11 is 0. The molecule has 0 saturated carbocycles. The lowest BCUT2D eigenvalue weighted by atomic mass is 10.1. The molecular formula is C23H31NO3S. The summed E-state index contributed by atoms with van der Waals surface area (Å²) in [5.41, 5.74) is 2.17. The summed E-state index contributed by atoms with van der Waals surface area (Å²) in [4.78, 5) is 0.384. The molecule has 0 unspecified atom stereocenters. The highest BCUT2D eigenvalue weighted by atomic mass is 32.2. The number of ether oxygens (including phenoxy) is 1. The molecule has 0 amide bonds. The second-order valence-corrected chi connectivity index (χ2v) is 9.52. The molecule has 2 aromatic carbocycles. The van der Waals surface area contributed by atoms with Crippen LogP contribution in [-0.4, -0.2) is 31.4 Å². The van der Waals surface area contributed by atoms with Crippen LogP contribution in [0.4, 0.5) is 0 Å². The fourth-order valence-electron chi connectivity index (χ4n) is 3.92. The summed E-state index contributed by atoms with van der Waals surface area (Å²) in [5, 5.41) is 0. The Bertz CT molecular complexity index is 834. The van der Waals surface area contributed by atoms with E-state index < -0.39 is 10.0 Å². The number of hydrogen-bond donors (Lipinski definition) is 0. The normalized spacial score (nSPS) is 20.5. The van der Waals surface area contributed by atoms with Crippen LogP contribution in [-0.2, 0) is 21.4 Å². The van der Waals surface area contributed by atoms with Gasteiger partial charge in [-0.05, 0) is 43.9 Å². The first-order chi connectivity index (χ1) is 13.5. The molecule has 0 bridgehead atoms. The molecule has 1 fully saturated rings. The maximum absolute atomic E-state index is 13.4. The van der Waals surface area contributed by atoms with Crippen LogP contribution < -0.4 is 0 Å². The Morgan fingerprint density at radius 2 is 1.68 bits per heavy atom. The van der Waals surface area contributed by atoms with Crippen molar-refractivity contribution in [3.8, 4) is 0 Å². The van der Waals surface area contributed by atoms with Gasteiger partial charge in [-0.25, -0.2) is 8.42 Å². The van der Waals surface area contributed by atoms with E-state index in [2.05, 4.69) is 6.92 Å². The van der Waals surface area contributed by atoms with Crippen molar-refractivity contribution < 1.29 is 13.2 Å². The van der Waals surface area contributed by atoms with Crippen LogP contribution in [0.5, 0.6) is 0 Å². The first kappa shape index (κ1) is 21.0. The maximum atomic E-state index is 13.4. The minimum absolute atomic E-state index is 0.0663. The Morgan fingerprint density at radius 3 is 2.36 bits per heavy atom. The number of aryl methyl sites for hydroxylation is 1.